The fraction of sp³-hybridized carbons (Fsp3) is 0.125. The van der Waals surface area contributed by atoms with E-state index in [4.69, 9.17) is 0 Å². The molecule has 2 aromatic rings. The molecule has 0 atom stereocenters. The summed E-state index contributed by atoms with van der Waals surface area (Å²) in [6, 6.07) is 13.9. The smallest absolute Gasteiger partial charge is 0.323 e. The number of urea groups is 1. The summed E-state index contributed by atoms with van der Waals surface area (Å²) < 4.78 is 0. The first-order valence-electron chi connectivity index (χ1n) is 6.55. The van der Waals surface area contributed by atoms with Gasteiger partial charge in [-0.25, -0.2) is 4.79 Å². The summed E-state index contributed by atoms with van der Waals surface area (Å²) in [6.07, 6.45) is 0. The molecule has 21 heavy (non-hydrogen) atoms. The lowest BCUT2D eigenvalue weighted by atomic mass is 10.2. The molecule has 3 N–H and O–H groups in total. The van der Waals surface area contributed by atoms with Crippen molar-refractivity contribution in [2.24, 2.45) is 0 Å². The monoisotopic (exact) mass is 283 g/mol. The minimum atomic E-state index is -0.326. The van der Waals surface area contributed by atoms with Gasteiger partial charge in [-0.2, -0.15) is 0 Å². The first-order valence-corrected chi connectivity index (χ1v) is 6.55. The van der Waals surface area contributed by atoms with Crippen LogP contribution in [0.15, 0.2) is 48.5 Å². The maximum atomic E-state index is 11.9. The summed E-state index contributed by atoms with van der Waals surface area (Å²) in [5, 5.41) is 8.00. The number of anilines is 2. The van der Waals surface area contributed by atoms with E-state index in [2.05, 4.69) is 16.0 Å². The van der Waals surface area contributed by atoms with E-state index in [0.717, 1.165) is 11.3 Å². The highest BCUT2D eigenvalue weighted by atomic mass is 16.2. The highest BCUT2D eigenvalue weighted by molar-refractivity contribution is 6.00. The van der Waals surface area contributed by atoms with Crippen LogP contribution in [0.3, 0.4) is 0 Å². The third-order valence-electron chi connectivity index (χ3n) is 2.91. The van der Waals surface area contributed by atoms with E-state index in [9.17, 15) is 9.59 Å². The summed E-state index contributed by atoms with van der Waals surface area (Å²) in [5.41, 5.74) is 2.96. The van der Waals surface area contributed by atoms with Crippen LogP contribution in [0.25, 0.3) is 0 Å². The molecule has 5 nitrogen and oxygen atoms in total. The lowest BCUT2D eigenvalue weighted by molar-refractivity contribution is 0.0963. The average Bonchev–Trinajstić information content (AvgIpc) is 2.47. The molecule has 0 aromatic heterocycles. The van der Waals surface area contributed by atoms with Crippen molar-refractivity contribution in [3.8, 4) is 0 Å². The van der Waals surface area contributed by atoms with Gasteiger partial charge in [0.1, 0.15) is 0 Å². The second-order valence-corrected chi connectivity index (χ2v) is 4.61. The van der Waals surface area contributed by atoms with Gasteiger partial charge in [0.2, 0.25) is 0 Å². The lowest BCUT2D eigenvalue weighted by Crippen LogP contribution is -2.20. The molecule has 0 aliphatic rings. The van der Waals surface area contributed by atoms with Gasteiger partial charge >= 0.3 is 6.03 Å². The van der Waals surface area contributed by atoms with E-state index in [0.29, 0.717) is 11.3 Å². The van der Waals surface area contributed by atoms with Gasteiger partial charge in [0.15, 0.2) is 0 Å². The first kappa shape index (κ1) is 14.6. The average molecular weight is 283 g/mol. The molecule has 0 fully saturated rings. The van der Waals surface area contributed by atoms with Gasteiger partial charge in [-0.15, -0.1) is 0 Å². The molecule has 2 rings (SSSR count). The second-order valence-electron chi connectivity index (χ2n) is 4.61. The summed E-state index contributed by atoms with van der Waals surface area (Å²) in [7, 11) is 1.57. The second kappa shape index (κ2) is 6.56. The Morgan fingerprint density at radius 3 is 2.19 bits per heavy atom. The zero-order valence-corrected chi connectivity index (χ0v) is 11.9. The van der Waals surface area contributed by atoms with E-state index in [1.165, 1.54) is 0 Å². The van der Waals surface area contributed by atoms with Gasteiger partial charge in [-0.1, -0.05) is 12.1 Å². The largest absolute Gasteiger partial charge is 0.355 e. The molecule has 0 saturated carbocycles. The molecule has 0 saturated heterocycles. The Labute approximate surface area is 123 Å². The van der Waals surface area contributed by atoms with Crippen molar-refractivity contribution >= 4 is 23.3 Å². The first-order chi connectivity index (χ1) is 10.1. The quantitative estimate of drug-likeness (QED) is 0.810. The number of carbonyl (C=O) groups excluding carboxylic acids is 2. The predicted molar refractivity (Wildman–Crippen MR) is 83.7 cm³/mol. The molecular formula is C16H17N3O2. The van der Waals surface area contributed by atoms with Crippen molar-refractivity contribution < 1.29 is 9.59 Å². The molecule has 3 amide bonds. The van der Waals surface area contributed by atoms with Gasteiger partial charge in [-0.3, -0.25) is 4.79 Å². The van der Waals surface area contributed by atoms with Crippen LogP contribution in [-0.2, 0) is 0 Å². The molecule has 0 heterocycles. The number of hydrogen-bond donors (Lipinski definition) is 3. The van der Waals surface area contributed by atoms with Crippen LogP contribution in [-0.4, -0.2) is 19.0 Å². The molecule has 0 radical (unpaired) electrons. The summed E-state index contributed by atoms with van der Waals surface area (Å²) >= 11 is 0. The number of nitrogens with one attached hydrogen (secondary N) is 3. The van der Waals surface area contributed by atoms with Gasteiger partial charge in [0, 0.05) is 24.0 Å². The van der Waals surface area contributed by atoms with Crippen LogP contribution >= 0.6 is 0 Å². The highest BCUT2D eigenvalue weighted by Crippen LogP contribution is 2.12. The SMILES string of the molecule is CNC(=O)c1ccc(NC(=O)Nc2cccc(C)c2)cc1. The van der Waals surface area contributed by atoms with E-state index >= 15 is 0 Å². The van der Waals surface area contributed by atoms with Crippen molar-refractivity contribution in [3.63, 3.8) is 0 Å². The fourth-order valence-corrected chi connectivity index (χ4v) is 1.87. The minimum absolute atomic E-state index is 0.161. The minimum Gasteiger partial charge on any atom is -0.355 e. The zero-order chi connectivity index (χ0) is 15.2. The lowest BCUT2D eigenvalue weighted by Gasteiger charge is -2.08. The predicted octanol–water partition coefficient (Wildman–Crippen LogP) is 3.00. The molecule has 5 heteroatoms. The van der Waals surface area contributed by atoms with Crippen LogP contribution in [0.1, 0.15) is 15.9 Å². The maximum Gasteiger partial charge on any atom is 0.323 e. The summed E-state index contributed by atoms with van der Waals surface area (Å²) in [6.45, 7) is 1.96. The number of carbonyl (C=O) groups is 2. The van der Waals surface area contributed by atoms with E-state index < -0.39 is 0 Å². The van der Waals surface area contributed by atoms with Crippen LogP contribution in [0.5, 0.6) is 0 Å². The van der Waals surface area contributed by atoms with E-state index in [1.807, 2.05) is 31.2 Å². The van der Waals surface area contributed by atoms with Crippen molar-refractivity contribution in [2.45, 2.75) is 6.92 Å². The molecule has 108 valence electrons. The van der Waals surface area contributed by atoms with E-state index in [-0.39, 0.29) is 11.9 Å². The van der Waals surface area contributed by atoms with Gasteiger partial charge in [-0.05, 0) is 48.9 Å². The maximum absolute atomic E-state index is 11.9. The number of rotatable bonds is 3. The Bertz CT molecular complexity index is 651. The highest BCUT2D eigenvalue weighted by Gasteiger charge is 2.05. The number of aryl methyl sites for hydroxylation is 1. The van der Waals surface area contributed by atoms with Crippen molar-refractivity contribution in [2.75, 3.05) is 17.7 Å². The van der Waals surface area contributed by atoms with Gasteiger partial charge in [0.25, 0.3) is 5.91 Å². The number of benzene rings is 2. The topological polar surface area (TPSA) is 70.2 Å². The van der Waals surface area contributed by atoms with E-state index in [1.54, 1.807) is 31.3 Å². The fourth-order valence-electron chi connectivity index (χ4n) is 1.87. The summed E-state index contributed by atoms with van der Waals surface area (Å²) in [5.74, 6) is -0.161. The molecule has 0 unspecified atom stereocenters. The molecular weight excluding hydrogens is 266 g/mol. The molecule has 0 aliphatic heterocycles. The molecule has 0 aliphatic carbocycles. The Hall–Kier alpha value is -2.82. The molecule has 0 spiro atoms. The van der Waals surface area contributed by atoms with Gasteiger partial charge in [0.05, 0.1) is 0 Å². The zero-order valence-electron chi connectivity index (χ0n) is 11.9. The Morgan fingerprint density at radius 1 is 0.905 bits per heavy atom. The molecule has 0 bridgehead atoms. The van der Waals surface area contributed by atoms with Crippen molar-refractivity contribution in [1.29, 1.82) is 0 Å². The Kier molecular flexibility index (Phi) is 4.56. The standard InChI is InChI=1S/C16H17N3O2/c1-11-4-3-5-14(10-11)19-16(21)18-13-8-6-12(7-9-13)15(20)17-2/h3-10H,1-2H3,(H,17,20)(H2,18,19,21). The normalized spacial score (nSPS) is 9.81. The van der Waals surface area contributed by atoms with Gasteiger partial charge < -0.3 is 16.0 Å². The number of hydrogen-bond acceptors (Lipinski definition) is 2. The summed E-state index contributed by atoms with van der Waals surface area (Å²) in [4.78, 5) is 23.3. The third-order valence-corrected chi connectivity index (χ3v) is 2.91. The Morgan fingerprint density at radius 2 is 1.57 bits per heavy atom. The van der Waals surface area contributed by atoms with Crippen LogP contribution in [0.4, 0.5) is 16.2 Å². The van der Waals surface area contributed by atoms with Crippen LogP contribution in [0, 0.1) is 6.92 Å². The molecule has 2 aromatic carbocycles. The van der Waals surface area contributed by atoms with Crippen LogP contribution in [0.2, 0.25) is 0 Å². The number of amides is 3. The van der Waals surface area contributed by atoms with Crippen molar-refractivity contribution in [3.05, 3.63) is 59.7 Å². The Balaban J connectivity index is 1.98. The van der Waals surface area contributed by atoms with Crippen molar-refractivity contribution in [1.82, 2.24) is 5.32 Å². The third kappa shape index (κ3) is 4.07. The van der Waals surface area contributed by atoms with Crippen LogP contribution < -0.4 is 16.0 Å².